The summed E-state index contributed by atoms with van der Waals surface area (Å²) in [6, 6.07) is 6.30. The number of nitrogens with two attached hydrogens (primary N) is 1. The van der Waals surface area contributed by atoms with Crippen LogP contribution < -0.4 is 5.73 Å². The van der Waals surface area contributed by atoms with Gasteiger partial charge in [-0.05, 0) is 24.5 Å². The lowest BCUT2D eigenvalue weighted by Gasteiger charge is -2.44. The number of carboxylic acid groups (broad SMARTS) is 1. The van der Waals surface area contributed by atoms with Crippen LogP contribution in [-0.4, -0.2) is 17.6 Å². The predicted octanol–water partition coefficient (Wildman–Crippen LogP) is 2.12. The highest BCUT2D eigenvalue weighted by Crippen LogP contribution is 2.51. The van der Waals surface area contributed by atoms with Gasteiger partial charge in [-0.25, -0.2) is 4.39 Å². The van der Waals surface area contributed by atoms with E-state index in [2.05, 4.69) is 0 Å². The first-order valence-corrected chi connectivity index (χ1v) is 5.80. The van der Waals surface area contributed by atoms with Crippen LogP contribution in [0.4, 0.5) is 4.39 Å². The minimum absolute atomic E-state index is 0.160. The summed E-state index contributed by atoms with van der Waals surface area (Å²) in [7, 11) is 0. The fourth-order valence-electron chi connectivity index (χ4n) is 2.68. The van der Waals surface area contributed by atoms with E-state index in [-0.39, 0.29) is 12.4 Å². The molecule has 1 aromatic carbocycles. The summed E-state index contributed by atoms with van der Waals surface area (Å²) in [5.41, 5.74) is 5.24. The Hall–Kier alpha value is -1.42. The summed E-state index contributed by atoms with van der Waals surface area (Å²) in [5.74, 6) is -1.66. The van der Waals surface area contributed by atoms with Gasteiger partial charge in [-0.15, -0.1) is 0 Å². The molecule has 1 aromatic rings. The highest BCUT2D eigenvalue weighted by Gasteiger charge is 2.51. The molecular formula is C13H16FNO2. The maximum atomic E-state index is 13.7. The maximum Gasteiger partial charge on any atom is 0.310 e. The first kappa shape index (κ1) is 12.0. The highest BCUT2D eigenvalue weighted by molar-refractivity contribution is 5.77. The van der Waals surface area contributed by atoms with E-state index in [9.17, 15) is 14.3 Å². The van der Waals surface area contributed by atoms with Crippen LogP contribution in [0.15, 0.2) is 24.3 Å². The first-order chi connectivity index (χ1) is 8.12. The summed E-state index contributed by atoms with van der Waals surface area (Å²) >= 11 is 0. The van der Waals surface area contributed by atoms with Crippen LogP contribution in [0, 0.1) is 11.2 Å². The molecule has 92 valence electrons. The zero-order chi connectivity index (χ0) is 12.5. The van der Waals surface area contributed by atoms with Gasteiger partial charge in [-0.1, -0.05) is 24.6 Å². The molecule has 1 unspecified atom stereocenters. The molecular weight excluding hydrogens is 221 g/mol. The second-order valence-corrected chi connectivity index (χ2v) is 4.62. The number of rotatable bonds is 4. The van der Waals surface area contributed by atoms with Crippen molar-refractivity contribution in [3.05, 3.63) is 35.6 Å². The SMILES string of the molecule is NCC(c1ccccc1F)C1(C(=O)O)CCC1. The number of carboxylic acids is 1. The van der Waals surface area contributed by atoms with Crippen molar-refractivity contribution in [3.63, 3.8) is 0 Å². The molecule has 4 heteroatoms. The van der Waals surface area contributed by atoms with Crippen LogP contribution in [-0.2, 0) is 4.79 Å². The third-order valence-electron chi connectivity index (χ3n) is 3.86. The zero-order valence-electron chi connectivity index (χ0n) is 9.53. The van der Waals surface area contributed by atoms with E-state index < -0.39 is 17.3 Å². The third kappa shape index (κ3) is 1.82. The van der Waals surface area contributed by atoms with E-state index in [1.807, 2.05) is 0 Å². The molecule has 0 aliphatic heterocycles. The third-order valence-corrected chi connectivity index (χ3v) is 3.86. The maximum absolute atomic E-state index is 13.7. The molecule has 1 atom stereocenters. The molecule has 0 aromatic heterocycles. The van der Waals surface area contributed by atoms with E-state index in [0.717, 1.165) is 6.42 Å². The van der Waals surface area contributed by atoms with Crippen molar-refractivity contribution >= 4 is 5.97 Å². The van der Waals surface area contributed by atoms with Gasteiger partial charge in [0.05, 0.1) is 5.41 Å². The largest absolute Gasteiger partial charge is 0.481 e. The van der Waals surface area contributed by atoms with Gasteiger partial charge in [-0.2, -0.15) is 0 Å². The number of carbonyl (C=O) groups is 1. The van der Waals surface area contributed by atoms with Crippen molar-refractivity contribution in [1.82, 2.24) is 0 Å². The van der Waals surface area contributed by atoms with Crippen LogP contribution in [0.25, 0.3) is 0 Å². The molecule has 3 N–H and O–H groups in total. The minimum atomic E-state index is -0.864. The molecule has 1 aliphatic rings. The number of hydrogen-bond acceptors (Lipinski definition) is 2. The first-order valence-electron chi connectivity index (χ1n) is 5.80. The minimum Gasteiger partial charge on any atom is -0.481 e. The molecule has 0 spiro atoms. The smallest absolute Gasteiger partial charge is 0.310 e. The Balaban J connectivity index is 2.40. The summed E-state index contributed by atoms with van der Waals surface area (Å²) in [4.78, 5) is 11.4. The number of halogens is 1. The quantitative estimate of drug-likeness (QED) is 0.843. The topological polar surface area (TPSA) is 63.3 Å². The molecule has 0 bridgehead atoms. The Morgan fingerprint density at radius 1 is 1.47 bits per heavy atom. The lowest BCUT2D eigenvalue weighted by Crippen LogP contribution is -2.46. The fraction of sp³-hybridized carbons (Fsp3) is 0.462. The van der Waals surface area contributed by atoms with E-state index in [0.29, 0.717) is 18.4 Å². The van der Waals surface area contributed by atoms with Crippen LogP contribution in [0.5, 0.6) is 0 Å². The molecule has 0 heterocycles. The van der Waals surface area contributed by atoms with E-state index >= 15 is 0 Å². The molecule has 0 radical (unpaired) electrons. The molecule has 1 fully saturated rings. The molecule has 3 nitrogen and oxygen atoms in total. The highest BCUT2D eigenvalue weighted by atomic mass is 19.1. The summed E-state index contributed by atoms with van der Waals surface area (Å²) in [5, 5.41) is 9.36. The Labute approximate surface area is 99.4 Å². The molecule has 1 saturated carbocycles. The molecule has 0 saturated heterocycles. The van der Waals surface area contributed by atoms with Crippen LogP contribution in [0.3, 0.4) is 0 Å². The van der Waals surface area contributed by atoms with E-state index in [1.54, 1.807) is 18.2 Å². The summed E-state index contributed by atoms with van der Waals surface area (Å²) in [6.45, 7) is 0.160. The van der Waals surface area contributed by atoms with Crippen LogP contribution in [0.2, 0.25) is 0 Å². The van der Waals surface area contributed by atoms with Gasteiger partial charge in [-0.3, -0.25) is 4.79 Å². The number of aliphatic carboxylic acids is 1. The second kappa shape index (κ2) is 4.45. The molecule has 17 heavy (non-hydrogen) atoms. The second-order valence-electron chi connectivity index (χ2n) is 4.62. The summed E-state index contributed by atoms with van der Waals surface area (Å²) in [6.07, 6.45) is 2.04. The Morgan fingerprint density at radius 3 is 2.53 bits per heavy atom. The van der Waals surface area contributed by atoms with Crippen molar-refractivity contribution in [2.45, 2.75) is 25.2 Å². The average Bonchev–Trinajstić information content (AvgIpc) is 2.24. The van der Waals surface area contributed by atoms with Crippen molar-refractivity contribution < 1.29 is 14.3 Å². The molecule has 0 amide bonds. The molecule has 1 aliphatic carbocycles. The van der Waals surface area contributed by atoms with Crippen molar-refractivity contribution in [1.29, 1.82) is 0 Å². The fourth-order valence-corrected chi connectivity index (χ4v) is 2.68. The van der Waals surface area contributed by atoms with E-state index in [1.165, 1.54) is 6.07 Å². The lowest BCUT2D eigenvalue weighted by molar-refractivity contribution is -0.156. The summed E-state index contributed by atoms with van der Waals surface area (Å²) < 4.78 is 13.7. The predicted molar refractivity (Wildman–Crippen MR) is 62.1 cm³/mol. The van der Waals surface area contributed by atoms with Gasteiger partial charge in [0, 0.05) is 12.5 Å². The van der Waals surface area contributed by atoms with Gasteiger partial charge >= 0.3 is 5.97 Å². The number of hydrogen-bond donors (Lipinski definition) is 2. The Bertz CT molecular complexity index is 429. The van der Waals surface area contributed by atoms with Crippen molar-refractivity contribution in [2.24, 2.45) is 11.1 Å². The van der Waals surface area contributed by atoms with Gasteiger partial charge in [0.25, 0.3) is 0 Å². The van der Waals surface area contributed by atoms with Crippen molar-refractivity contribution in [3.8, 4) is 0 Å². The van der Waals surface area contributed by atoms with Crippen LogP contribution >= 0.6 is 0 Å². The standard InChI is InChI=1S/C13H16FNO2/c14-11-5-2-1-4-9(11)10(8-15)13(12(16)17)6-3-7-13/h1-2,4-5,10H,3,6-8,15H2,(H,16,17). The van der Waals surface area contributed by atoms with Gasteiger partial charge < -0.3 is 10.8 Å². The monoisotopic (exact) mass is 237 g/mol. The average molecular weight is 237 g/mol. The van der Waals surface area contributed by atoms with Gasteiger partial charge in [0.1, 0.15) is 5.82 Å². The van der Waals surface area contributed by atoms with Crippen molar-refractivity contribution in [2.75, 3.05) is 6.54 Å². The van der Waals surface area contributed by atoms with Gasteiger partial charge in [0.2, 0.25) is 0 Å². The van der Waals surface area contributed by atoms with Gasteiger partial charge in [0.15, 0.2) is 0 Å². The normalized spacial score (nSPS) is 19.4. The van der Waals surface area contributed by atoms with E-state index in [4.69, 9.17) is 5.73 Å². The zero-order valence-corrected chi connectivity index (χ0v) is 9.53. The Kier molecular flexibility index (Phi) is 3.15. The number of benzene rings is 1. The van der Waals surface area contributed by atoms with Crippen LogP contribution in [0.1, 0.15) is 30.7 Å². The molecule has 2 rings (SSSR count). The Morgan fingerprint density at radius 2 is 2.12 bits per heavy atom. The lowest BCUT2D eigenvalue weighted by atomic mass is 9.59.